The van der Waals surface area contributed by atoms with Crippen molar-refractivity contribution < 1.29 is 4.39 Å². The van der Waals surface area contributed by atoms with Crippen LogP contribution in [0.1, 0.15) is 23.2 Å². The van der Waals surface area contributed by atoms with Gasteiger partial charge in [0, 0.05) is 61.5 Å². The van der Waals surface area contributed by atoms with Crippen LogP contribution in [-0.4, -0.2) is 50.5 Å². The molecule has 1 aromatic carbocycles. The summed E-state index contributed by atoms with van der Waals surface area (Å²) in [7, 11) is 0. The standard InChI is InChI=1S/C28H26FN9S/c1-2-22-23(16-34-28-36-26(24(13-30)39-28)18-3-6-21(29)7-4-18)38-17-19(5-8-25(38)35-22)20-14-32-27(33-15-20)37-11-9-31-10-12-37/h3-8,14-15,17,31H,2,9-12,16H2,1H3,(H,34,36). The second-order valence-electron chi connectivity index (χ2n) is 9.18. The van der Waals surface area contributed by atoms with E-state index in [0.29, 0.717) is 27.8 Å². The lowest BCUT2D eigenvalue weighted by atomic mass is 10.1. The normalized spacial score (nSPS) is 13.5. The number of rotatable bonds is 7. The zero-order valence-corrected chi connectivity index (χ0v) is 22.2. The van der Waals surface area contributed by atoms with Crippen LogP contribution in [-0.2, 0) is 13.0 Å². The second kappa shape index (κ2) is 10.8. The Kier molecular flexibility index (Phi) is 6.87. The van der Waals surface area contributed by atoms with E-state index in [2.05, 4.69) is 54.1 Å². The molecule has 1 saturated heterocycles. The van der Waals surface area contributed by atoms with Crippen LogP contribution in [0.15, 0.2) is 55.0 Å². The molecule has 5 heterocycles. The van der Waals surface area contributed by atoms with Gasteiger partial charge < -0.3 is 19.9 Å². The molecule has 11 heteroatoms. The second-order valence-corrected chi connectivity index (χ2v) is 10.2. The predicted molar refractivity (Wildman–Crippen MR) is 150 cm³/mol. The first-order valence-corrected chi connectivity index (χ1v) is 13.6. The molecule has 196 valence electrons. The highest BCUT2D eigenvalue weighted by atomic mass is 32.1. The topological polar surface area (TPSA) is 107 Å². The number of piperazine rings is 1. The van der Waals surface area contributed by atoms with E-state index in [-0.39, 0.29) is 5.82 Å². The van der Waals surface area contributed by atoms with Gasteiger partial charge in [-0.3, -0.25) is 0 Å². The van der Waals surface area contributed by atoms with Gasteiger partial charge in [0.15, 0.2) is 5.13 Å². The third kappa shape index (κ3) is 5.04. The molecule has 5 aromatic rings. The molecule has 0 unspecified atom stereocenters. The minimum Gasteiger partial charge on any atom is -0.356 e. The Balaban J connectivity index is 1.26. The molecule has 0 amide bonds. The molecular formula is C28H26FN9S. The minimum atomic E-state index is -0.327. The van der Waals surface area contributed by atoms with Crippen molar-refractivity contribution in [2.45, 2.75) is 19.9 Å². The molecule has 9 nitrogen and oxygen atoms in total. The van der Waals surface area contributed by atoms with Crippen LogP contribution in [0.25, 0.3) is 28.0 Å². The summed E-state index contributed by atoms with van der Waals surface area (Å²) in [6, 6.07) is 12.3. The largest absolute Gasteiger partial charge is 0.356 e. The Morgan fingerprint density at radius 2 is 1.77 bits per heavy atom. The van der Waals surface area contributed by atoms with E-state index < -0.39 is 0 Å². The molecular weight excluding hydrogens is 513 g/mol. The van der Waals surface area contributed by atoms with Crippen LogP contribution in [0.3, 0.4) is 0 Å². The Bertz CT molecular complexity index is 1650. The van der Waals surface area contributed by atoms with Crippen molar-refractivity contribution in [3.05, 3.63) is 77.1 Å². The molecule has 1 fully saturated rings. The SMILES string of the molecule is CCc1nc2ccc(-c3cnc(N4CCNCC4)nc3)cn2c1CNc1nc(-c2ccc(F)cc2)c(C#N)s1. The van der Waals surface area contributed by atoms with Crippen molar-refractivity contribution in [1.82, 2.24) is 29.7 Å². The molecule has 0 atom stereocenters. The lowest BCUT2D eigenvalue weighted by Crippen LogP contribution is -2.44. The van der Waals surface area contributed by atoms with Gasteiger partial charge in [-0.25, -0.2) is 24.3 Å². The van der Waals surface area contributed by atoms with E-state index in [1.54, 1.807) is 12.1 Å². The zero-order chi connectivity index (χ0) is 26.8. The molecule has 1 aliphatic heterocycles. The lowest BCUT2D eigenvalue weighted by molar-refractivity contribution is 0.580. The van der Waals surface area contributed by atoms with Gasteiger partial charge in [0.2, 0.25) is 5.95 Å². The zero-order valence-electron chi connectivity index (χ0n) is 21.4. The summed E-state index contributed by atoms with van der Waals surface area (Å²) in [5.74, 6) is 0.425. The van der Waals surface area contributed by atoms with Gasteiger partial charge >= 0.3 is 0 Å². The molecule has 0 saturated carbocycles. The maximum absolute atomic E-state index is 13.4. The molecule has 6 rings (SSSR count). The molecule has 2 N–H and O–H groups in total. The quantitative estimate of drug-likeness (QED) is 0.311. The maximum atomic E-state index is 13.4. The number of aryl methyl sites for hydroxylation is 1. The van der Waals surface area contributed by atoms with Crippen molar-refractivity contribution >= 4 is 28.1 Å². The Hall–Kier alpha value is -4.40. The fourth-order valence-electron chi connectivity index (χ4n) is 4.72. The number of aromatic nitrogens is 5. The van der Waals surface area contributed by atoms with Crippen molar-refractivity contribution in [2.24, 2.45) is 0 Å². The Morgan fingerprint density at radius 3 is 2.49 bits per heavy atom. The van der Waals surface area contributed by atoms with Crippen molar-refractivity contribution in [3.63, 3.8) is 0 Å². The number of thiazole rings is 1. The Morgan fingerprint density at radius 1 is 1.03 bits per heavy atom. The van der Waals surface area contributed by atoms with Gasteiger partial charge in [-0.2, -0.15) is 5.26 Å². The van der Waals surface area contributed by atoms with Gasteiger partial charge in [-0.1, -0.05) is 18.3 Å². The summed E-state index contributed by atoms with van der Waals surface area (Å²) in [4.78, 5) is 21.4. The van der Waals surface area contributed by atoms with Gasteiger partial charge in [-0.05, 0) is 42.8 Å². The molecule has 4 aromatic heterocycles. The van der Waals surface area contributed by atoms with Crippen LogP contribution < -0.4 is 15.5 Å². The molecule has 1 aliphatic rings. The highest BCUT2D eigenvalue weighted by molar-refractivity contribution is 7.16. The highest BCUT2D eigenvalue weighted by Crippen LogP contribution is 2.31. The monoisotopic (exact) mass is 539 g/mol. The van der Waals surface area contributed by atoms with Gasteiger partial charge in [0.1, 0.15) is 28.1 Å². The molecule has 0 bridgehead atoms. The number of hydrogen-bond acceptors (Lipinski definition) is 9. The van der Waals surface area contributed by atoms with E-state index in [1.165, 1.54) is 23.5 Å². The molecule has 0 radical (unpaired) electrons. The van der Waals surface area contributed by atoms with Crippen molar-refractivity contribution in [3.8, 4) is 28.5 Å². The number of hydrogen-bond donors (Lipinski definition) is 2. The fourth-order valence-corrected chi connectivity index (χ4v) is 5.50. The van der Waals surface area contributed by atoms with E-state index in [9.17, 15) is 9.65 Å². The number of anilines is 2. The molecule has 0 spiro atoms. The number of fused-ring (bicyclic) bond motifs is 1. The average molecular weight is 540 g/mol. The van der Waals surface area contributed by atoms with Crippen molar-refractivity contribution in [1.29, 1.82) is 5.26 Å². The number of imidazole rings is 1. The average Bonchev–Trinajstić information content (AvgIpc) is 3.57. The number of benzene rings is 1. The third-order valence-electron chi connectivity index (χ3n) is 6.76. The summed E-state index contributed by atoms with van der Waals surface area (Å²) in [6.07, 6.45) is 6.58. The van der Waals surface area contributed by atoms with Crippen LogP contribution in [0, 0.1) is 17.1 Å². The summed E-state index contributed by atoms with van der Waals surface area (Å²) in [5.41, 5.74) is 6.04. The van der Waals surface area contributed by atoms with Gasteiger partial charge in [0.05, 0.1) is 17.9 Å². The van der Waals surface area contributed by atoms with E-state index >= 15 is 0 Å². The first-order valence-electron chi connectivity index (χ1n) is 12.8. The number of nitrogens with one attached hydrogen (secondary N) is 2. The van der Waals surface area contributed by atoms with Gasteiger partial charge in [-0.15, -0.1) is 0 Å². The van der Waals surface area contributed by atoms with Crippen LogP contribution in [0.2, 0.25) is 0 Å². The highest BCUT2D eigenvalue weighted by Gasteiger charge is 2.17. The lowest BCUT2D eigenvalue weighted by Gasteiger charge is -2.27. The first kappa shape index (κ1) is 24.9. The third-order valence-corrected chi connectivity index (χ3v) is 7.68. The number of pyridine rings is 1. The van der Waals surface area contributed by atoms with Crippen LogP contribution in [0.4, 0.5) is 15.5 Å². The number of halogens is 1. The predicted octanol–water partition coefficient (Wildman–Crippen LogP) is 4.51. The summed E-state index contributed by atoms with van der Waals surface area (Å²) < 4.78 is 15.5. The smallest absolute Gasteiger partial charge is 0.225 e. The molecule has 0 aliphatic carbocycles. The Labute approximate surface area is 229 Å². The van der Waals surface area contributed by atoms with Crippen LogP contribution in [0.5, 0.6) is 0 Å². The first-order chi connectivity index (χ1) is 19.1. The summed E-state index contributed by atoms with van der Waals surface area (Å²) >= 11 is 1.28. The maximum Gasteiger partial charge on any atom is 0.225 e. The van der Waals surface area contributed by atoms with E-state index in [1.807, 2.05) is 24.5 Å². The fraction of sp³-hybridized carbons (Fsp3) is 0.250. The number of nitriles is 1. The molecule has 39 heavy (non-hydrogen) atoms. The summed E-state index contributed by atoms with van der Waals surface area (Å²) in [5, 5.41) is 17.0. The van der Waals surface area contributed by atoms with Crippen molar-refractivity contribution in [2.75, 3.05) is 36.4 Å². The van der Waals surface area contributed by atoms with Crippen LogP contribution >= 0.6 is 11.3 Å². The van der Waals surface area contributed by atoms with E-state index in [0.717, 1.165) is 66.7 Å². The summed E-state index contributed by atoms with van der Waals surface area (Å²) in [6.45, 7) is 6.23. The van der Waals surface area contributed by atoms with Gasteiger partial charge in [0.25, 0.3) is 0 Å². The number of nitrogens with zero attached hydrogens (tertiary/aromatic N) is 7. The minimum absolute atomic E-state index is 0.327. The van der Waals surface area contributed by atoms with E-state index in [4.69, 9.17) is 4.98 Å².